The molecule has 0 spiro atoms. The van der Waals surface area contributed by atoms with Gasteiger partial charge < -0.3 is 15.8 Å². The number of hydrogen-bond acceptors (Lipinski definition) is 5. The summed E-state index contributed by atoms with van der Waals surface area (Å²) in [6.45, 7) is -0.0404. The molecule has 0 atom stereocenters. The molecule has 1 rings (SSSR count). The van der Waals surface area contributed by atoms with Crippen LogP contribution >= 0.6 is 11.8 Å². The average molecular weight is 268 g/mol. The van der Waals surface area contributed by atoms with Crippen molar-refractivity contribution in [2.75, 3.05) is 24.7 Å². The number of hydrogen-bond donors (Lipinski definition) is 2. The molecule has 1 aromatic rings. The number of anilines is 1. The smallest absolute Gasteiger partial charge is 0.315 e. The van der Waals surface area contributed by atoms with E-state index in [-0.39, 0.29) is 18.4 Å². The second kappa shape index (κ2) is 7.73. The molecule has 0 aromatic heterocycles. The maximum Gasteiger partial charge on any atom is 0.315 e. The van der Waals surface area contributed by atoms with Crippen LogP contribution in [0.2, 0.25) is 0 Å². The fourth-order valence-corrected chi connectivity index (χ4v) is 2.06. The Kier molecular flexibility index (Phi) is 6.24. The van der Waals surface area contributed by atoms with Crippen LogP contribution in [0.25, 0.3) is 0 Å². The second-order valence-electron chi connectivity index (χ2n) is 3.52. The number of methoxy groups -OCH3 is 1. The first kappa shape index (κ1) is 14.5. The van der Waals surface area contributed by atoms with E-state index in [9.17, 15) is 9.59 Å². The zero-order valence-electron chi connectivity index (χ0n) is 10.1. The number of esters is 1. The molecule has 0 fully saturated rings. The molecule has 0 saturated heterocycles. The van der Waals surface area contributed by atoms with Gasteiger partial charge in [0.25, 0.3) is 0 Å². The number of thioether (sulfide) groups is 1. The summed E-state index contributed by atoms with van der Waals surface area (Å²) in [5, 5.41) is 2.68. The van der Waals surface area contributed by atoms with Crippen LogP contribution in [0.1, 0.15) is 5.56 Å². The lowest BCUT2D eigenvalue weighted by Crippen LogP contribution is -2.21. The van der Waals surface area contributed by atoms with Crippen LogP contribution in [0.3, 0.4) is 0 Å². The number of nitrogens with one attached hydrogen (secondary N) is 1. The normalized spacial score (nSPS) is 9.89. The number of rotatable bonds is 6. The van der Waals surface area contributed by atoms with Crippen molar-refractivity contribution < 1.29 is 14.3 Å². The Morgan fingerprint density at radius 1 is 1.44 bits per heavy atom. The van der Waals surface area contributed by atoms with E-state index in [1.165, 1.54) is 18.9 Å². The van der Waals surface area contributed by atoms with Crippen molar-refractivity contribution in [3.63, 3.8) is 0 Å². The van der Waals surface area contributed by atoms with Gasteiger partial charge in [-0.3, -0.25) is 9.59 Å². The molecule has 6 heteroatoms. The van der Waals surface area contributed by atoms with Gasteiger partial charge in [0, 0.05) is 11.4 Å². The minimum atomic E-state index is -0.243. The molecule has 0 radical (unpaired) electrons. The molecule has 98 valence electrons. The fraction of sp³-hybridized carbons (Fsp3) is 0.333. The van der Waals surface area contributed by atoms with Gasteiger partial charge in [0.2, 0.25) is 5.91 Å². The predicted molar refractivity (Wildman–Crippen MR) is 72.3 cm³/mol. The number of nitrogens with two attached hydrogens (primary N) is 1. The van der Waals surface area contributed by atoms with Gasteiger partial charge >= 0.3 is 5.97 Å². The predicted octanol–water partition coefficient (Wildman–Crippen LogP) is 0.990. The zero-order chi connectivity index (χ0) is 13.4. The molecule has 3 N–H and O–H groups in total. The average Bonchev–Trinajstić information content (AvgIpc) is 2.38. The molecule has 0 aliphatic heterocycles. The lowest BCUT2D eigenvalue weighted by Gasteiger charge is -2.06. The lowest BCUT2D eigenvalue weighted by atomic mass is 10.2. The van der Waals surface area contributed by atoms with E-state index in [1.807, 2.05) is 18.2 Å². The third-order valence-electron chi connectivity index (χ3n) is 2.11. The second-order valence-corrected chi connectivity index (χ2v) is 4.51. The van der Waals surface area contributed by atoms with Crippen molar-refractivity contribution in [1.82, 2.24) is 0 Å². The van der Waals surface area contributed by atoms with Crippen LogP contribution in [0, 0.1) is 0 Å². The molecule has 0 aliphatic carbocycles. The summed E-state index contributed by atoms with van der Waals surface area (Å²) in [6, 6.07) is 7.43. The third kappa shape index (κ3) is 5.20. The van der Waals surface area contributed by atoms with Crippen LogP contribution in [-0.4, -0.2) is 31.3 Å². The first-order valence-corrected chi connectivity index (χ1v) is 6.54. The van der Waals surface area contributed by atoms with Gasteiger partial charge in [-0.2, -0.15) is 0 Å². The summed E-state index contributed by atoms with van der Waals surface area (Å²) in [5.74, 6) is 0.527. The van der Waals surface area contributed by atoms with Gasteiger partial charge in [0.15, 0.2) is 0 Å². The maximum atomic E-state index is 11.1. The summed E-state index contributed by atoms with van der Waals surface area (Å²) in [5.41, 5.74) is 6.96. The van der Waals surface area contributed by atoms with Crippen molar-refractivity contribution in [2.45, 2.75) is 5.75 Å². The van der Waals surface area contributed by atoms with Gasteiger partial charge in [0.05, 0.1) is 19.4 Å². The van der Waals surface area contributed by atoms with E-state index >= 15 is 0 Å². The largest absolute Gasteiger partial charge is 0.468 e. The van der Waals surface area contributed by atoms with Crippen molar-refractivity contribution in [2.24, 2.45) is 5.73 Å². The van der Waals surface area contributed by atoms with Crippen LogP contribution in [-0.2, 0) is 20.1 Å². The van der Waals surface area contributed by atoms with E-state index in [0.717, 1.165) is 5.56 Å². The van der Waals surface area contributed by atoms with E-state index in [4.69, 9.17) is 5.73 Å². The molecule has 0 aliphatic rings. The maximum absolute atomic E-state index is 11.1. The highest BCUT2D eigenvalue weighted by molar-refractivity contribution is 7.99. The highest BCUT2D eigenvalue weighted by Crippen LogP contribution is 2.16. The number of ether oxygens (including phenoxy) is 1. The summed E-state index contributed by atoms with van der Waals surface area (Å²) >= 11 is 1.46. The molecular weight excluding hydrogens is 252 g/mol. The standard InChI is InChI=1S/C12H16N2O3S/c1-17-12(16)8-18-7-9-3-2-4-10(5-9)14-11(15)6-13/h2-5H,6-8,13H2,1H3,(H,14,15). The molecule has 0 saturated carbocycles. The summed E-state index contributed by atoms with van der Waals surface area (Å²) in [6.07, 6.45) is 0. The summed E-state index contributed by atoms with van der Waals surface area (Å²) in [4.78, 5) is 22.1. The van der Waals surface area contributed by atoms with Gasteiger partial charge in [-0.15, -0.1) is 11.8 Å². The Morgan fingerprint density at radius 3 is 2.89 bits per heavy atom. The monoisotopic (exact) mass is 268 g/mol. The van der Waals surface area contributed by atoms with Gasteiger partial charge in [-0.05, 0) is 17.7 Å². The van der Waals surface area contributed by atoms with E-state index < -0.39 is 0 Å². The first-order valence-electron chi connectivity index (χ1n) is 5.39. The molecule has 0 unspecified atom stereocenters. The molecule has 1 aromatic carbocycles. The number of amides is 1. The van der Waals surface area contributed by atoms with E-state index in [1.54, 1.807) is 6.07 Å². The van der Waals surface area contributed by atoms with Crippen molar-refractivity contribution >= 4 is 29.3 Å². The van der Waals surface area contributed by atoms with Gasteiger partial charge in [-0.1, -0.05) is 12.1 Å². The Balaban J connectivity index is 2.49. The van der Waals surface area contributed by atoms with Crippen molar-refractivity contribution in [3.05, 3.63) is 29.8 Å². The Hall–Kier alpha value is -1.53. The van der Waals surface area contributed by atoms with Crippen LogP contribution in [0.5, 0.6) is 0 Å². The molecular formula is C12H16N2O3S. The highest BCUT2D eigenvalue weighted by atomic mass is 32.2. The number of carbonyl (C=O) groups excluding carboxylic acids is 2. The molecule has 0 bridgehead atoms. The van der Waals surface area contributed by atoms with Crippen LogP contribution < -0.4 is 11.1 Å². The summed E-state index contributed by atoms with van der Waals surface area (Å²) in [7, 11) is 1.37. The minimum absolute atomic E-state index is 0.0404. The number of carbonyl (C=O) groups is 2. The fourth-order valence-electron chi connectivity index (χ4n) is 1.26. The van der Waals surface area contributed by atoms with Crippen molar-refractivity contribution in [3.8, 4) is 0 Å². The van der Waals surface area contributed by atoms with Crippen molar-refractivity contribution in [1.29, 1.82) is 0 Å². The Labute approximate surface area is 110 Å². The molecule has 5 nitrogen and oxygen atoms in total. The summed E-state index contributed by atoms with van der Waals surface area (Å²) < 4.78 is 4.55. The van der Waals surface area contributed by atoms with E-state index in [2.05, 4.69) is 10.1 Å². The highest BCUT2D eigenvalue weighted by Gasteiger charge is 2.03. The minimum Gasteiger partial charge on any atom is -0.468 e. The van der Waals surface area contributed by atoms with Crippen LogP contribution in [0.15, 0.2) is 24.3 Å². The number of benzene rings is 1. The van der Waals surface area contributed by atoms with E-state index in [0.29, 0.717) is 17.2 Å². The SMILES string of the molecule is COC(=O)CSCc1cccc(NC(=O)CN)c1. The third-order valence-corrected chi connectivity index (χ3v) is 3.09. The quantitative estimate of drug-likeness (QED) is 0.752. The van der Waals surface area contributed by atoms with Gasteiger partial charge in [0.1, 0.15) is 0 Å². The Morgan fingerprint density at radius 2 is 2.22 bits per heavy atom. The van der Waals surface area contributed by atoms with Crippen LogP contribution in [0.4, 0.5) is 5.69 Å². The molecule has 18 heavy (non-hydrogen) atoms. The topological polar surface area (TPSA) is 81.4 Å². The zero-order valence-corrected chi connectivity index (χ0v) is 11.0. The first-order chi connectivity index (χ1) is 8.65. The Bertz CT molecular complexity index is 424. The lowest BCUT2D eigenvalue weighted by molar-refractivity contribution is -0.137. The molecule has 1 amide bonds. The molecule has 0 heterocycles. The van der Waals surface area contributed by atoms with Gasteiger partial charge in [-0.25, -0.2) is 0 Å².